The zero-order valence-electron chi connectivity index (χ0n) is 14.2. The van der Waals surface area contributed by atoms with Gasteiger partial charge in [-0.2, -0.15) is 0 Å². The van der Waals surface area contributed by atoms with Gasteiger partial charge in [0.2, 0.25) is 0 Å². The molecule has 1 aromatic rings. The van der Waals surface area contributed by atoms with Crippen LogP contribution in [-0.2, 0) is 16.1 Å². The molecule has 3 aliphatic rings. The number of carbonyl (C=O) groups excluding carboxylic acids is 1. The van der Waals surface area contributed by atoms with Gasteiger partial charge in [-0.15, -0.1) is 0 Å². The number of ether oxygens (including phenoxy) is 1. The van der Waals surface area contributed by atoms with Gasteiger partial charge in [0, 0.05) is 43.0 Å². The van der Waals surface area contributed by atoms with Crippen molar-refractivity contribution in [3.63, 3.8) is 0 Å². The van der Waals surface area contributed by atoms with Crippen LogP contribution in [0.3, 0.4) is 0 Å². The lowest BCUT2D eigenvalue weighted by molar-refractivity contribution is -0.119. The summed E-state index contributed by atoms with van der Waals surface area (Å²) in [5.41, 5.74) is 1.21. The summed E-state index contributed by atoms with van der Waals surface area (Å²) in [6.07, 6.45) is 1.99. The Balaban J connectivity index is 1.51. The number of piperidine rings is 1. The predicted molar refractivity (Wildman–Crippen MR) is 99.4 cm³/mol. The number of pyridine rings is 1. The van der Waals surface area contributed by atoms with Crippen molar-refractivity contribution in [2.75, 3.05) is 30.7 Å². The highest BCUT2D eigenvalue weighted by molar-refractivity contribution is 9.10. The first kappa shape index (κ1) is 17.7. The molecule has 1 amide bonds. The largest absolute Gasteiger partial charge is 0.379 e. The molecule has 3 atom stereocenters. The summed E-state index contributed by atoms with van der Waals surface area (Å²) in [6, 6.07) is 4.09. The highest BCUT2D eigenvalue weighted by Gasteiger charge is 2.58. The van der Waals surface area contributed by atoms with E-state index in [-0.39, 0.29) is 17.4 Å². The molecule has 0 radical (unpaired) electrons. The minimum atomic E-state index is -0.224. The maximum absolute atomic E-state index is 12.9. The van der Waals surface area contributed by atoms with Crippen molar-refractivity contribution in [3.8, 4) is 0 Å². The molecule has 25 heavy (non-hydrogen) atoms. The molecule has 1 aliphatic carbocycles. The van der Waals surface area contributed by atoms with Crippen LogP contribution < -0.4 is 9.74 Å². The number of carbonyl (C=O) groups is 1. The fourth-order valence-electron chi connectivity index (χ4n) is 3.81. The Morgan fingerprint density at radius 2 is 2.24 bits per heavy atom. The minimum absolute atomic E-state index is 0.121. The van der Waals surface area contributed by atoms with Crippen LogP contribution in [0.4, 0.5) is 5.82 Å². The zero-order chi connectivity index (χ0) is 17.6. The lowest BCUT2D eigenvalue weighted by Gasteiger charge is -2.28. The first-order chi connectivity index (χ1) is 12.0. The first-order valence-corrected chi connectivity index (χ1v) is 9.81. The number of halogens is 2. The van der Waals surface area contributed by atoms with E-state index in [4.69, 9.17) is 16.5 Å². The van der Waals surface area contributed by atoms with Crippen molar-refractivity contribution in [1.29, 1.82) is 0 Å². The molecule has 3 fully saturated rings. The number of rotatable bonds is 4. The second-order valence-electron chi connectivity index (χ2n) is 7.46. The summed E-state index contributed by atoms with van der Waals surface area (Å²) >= 11 is 9.85. The number of anilines is 1. The normalized spacial score (nSPS) is 31.6. The Kier molecular flexibility index (Phi) is 4.79. The molecule has 1 N–H and O–H groups in total. The molecule has 0 bridgehead atoms. The predicted octanol–water partition coefficient (Wildman–Crippen LogP) is 2.30. The van der Waals surface area contributed by atoms with Crippen molar-refractivity contribution in [3.05, 3.63) is 22.3 Å². The summed E-state index contributed by atoms with van der Waals surface area (Å²) in [4.78, 5) is 19.6. The first-order valence-electron chi connectivity index (χ1n) is 8.68. The van der Waals surface area contributed by atoms with Crippen LogP contribution in [0.25, 0.3) is 0 Å². The van der Waals surface area contributed by atoms with Gasteiger partial charge in [-0.1, -0.05) is 13.0 Å². The molecule has 2 saturated heterocycles. The van der Waals surface area contributed by atoms with Gasteiger partial charge in [-0.3, -0.25) is 9.69 Å². The topological polar surface area (TPSA) is 57.7 Å². The van der Waals surface area contributed by atoms with Crippen molar-refractivity contribution < 1.29 is 9.53 Å². The highest BCUT2D eigenvalue weighted by Crippen LogP contribution is 2.54. The molecule has 1 aromatic heterocycles. The standard InChI is InChI=1S/C17H22BrClN4O2/c1-17-8-12(20-13(17)9-17)16(24)23(19)15-11(2-3-14(18)21-15)10-22-4-6-25-7-5-22/h2-3,12-13,20H,4-10H2,1H3/t12-,13+,17-/m0/s1. The molecule has 0 unspecified atom stereocenters. The molecule has 136 valence electrons. The highest BCUT2D eigenvalue weighted by atomic mass is 79.9. The monoisotopic (exact) mass is 428 g/mol. The number of morpholine rings is 1. The van der Waals surface area contributed by atoms with Crippen LogP contribution in [0.5, 0.6) is 0 Å². The van der Waals surface area contributed by atoms with E-state index in [0.29, 0.717) is 23.0 Å². The van der Waals surface area contributed by atoms with E-state index in [2.05, 4.69) is 38.1 Å². The SMILES string of the molecule is C[C@@]12C[C@@H](C(=O)N(Cl)c3nc(Br)ccc3CN3CCOCC3)N[C@@H]1C2. The molecule has 0 spiro atoms. The second-order valence-corrected chi connectivity index (χ2v) is 8.61. The molecule has 4 rings (SSSR count). The van der Waals surface area contributed by atoms with E-state index in [0.717, 1.165) is 44.7 Å². The number of nitrogens with one attached hydrogen (secondary N) is 1. The molecule has 0 aromatic carbocycles. The molecule has 1 saturated carbocycles. The van der Waals surface area contributed by atoms with Crippen LogP contribution in [0.2, 0.25) is 0 Å². The maximum Gasteiger partial charge on any atom is 0.260 e. The molecule has 3 heterocycles. The van der Waals surface area contributed by atoms with Crippen LogP contribution in [-0.4, -0.2) is 54.2 Å². The van der Waals surface area contributed by atoms with Crippen molar-refractivity contribution in [2.24, 2.45) is 5.41 Å². The third-order valence-corrected chi connectivity index (χ3v) is 6.29. The lowest BCUT2D eigenvalue weighted by atomic mass is 10.0. The number of hydrogen-bond donors (Lipinski definition) is 1. The van der Waals surface area contributed by atoms with E-state index in [1.807, 2.05) is 12.1 Å². The Hall–Kier alpha value is -0.730. The van der Waals surface area contributed by atoms with E-state index in [9.17, 15) is 4.79 Å². The van der Waals surface area contributed by atoms with Crippen molar-refractivity contribution >= 4 is 39.4 Å². The Labute approximate surface area is 161 Å². The van der Waals surface area contributed by atoms with E-state index in [1.54, 1.807) is 0 Å². The number of amides is 1. The Morgan fingerprint density at radius 3 is 2.92 bits per heavy atom. The molecular weight excluding hydrogens is 408 g/mol. The zero-order valence-corrected chi connectivity index (χ0v) is 16.5. The number of nitrogens with zero attached hydrogens (tertiary/aromatic N) is 3. The Bertz CT molecular complexity index is 685. The van der Waals surface area contributed by atoms with Gasteiger partial charge in [0.25, 0.3) is 5.91 Å². The fourth-order valence-corrected chi connectivity index (χ4v) is 4.37. The van der Waals surface area contributed by atoms with E-state index in [1.165, 1.54) is 4.42 Å². The minimum Gasteiger partial charge on any atom is -0.379 e. The summed E-state index contributed by atoms with van der Waals surface area (Å²) in [7, 11) is 0. The van der Waals surface area contributed by atoms with Gasteiger partial charge in [0.15, 0.2) is 5.82 Å². The molecule has 6 nitrogen and oxygen atoms in total. The Morgan fingerprint density at radius 1 is 1.48 bits per heavy atom. The summed E-state index contributed by atoms with van der Waals surface area (Å²) < 4.78 is 7.27. The number of aromatic nitrogens is 1. The van der Waals surface area contributed by atoms with E-state index >= 15 is 0 Å². The van der Waals surface area contributed by atoms with E-state index < -0.39 is 0 Å². The fraction of sp³-hybridized carbons (Fsp3) is 0.647. The van der Waals surface area contributed by atoms with Gasteiger partial charge >= 0.3 is 0 Å². The molecule has 2 aliphatic heterocycles. The second kappa shape index (κ2) is 6.78. The summed E-state index contributed by atoms with van der Waals surface area (Å²) in [5.74, 6) is 0.393. The number of hydrogen-bond acceptors (Lipinski definition) is 5. The van der Waals surface area contributed by atoms with Crippen molar-refractivity contribution in [1.82, 2.24) is 15.2 Å². The molecule has 8 heteroatoms. The average Bonchev–Trinajstić information content (AvgIpc) is 3.13. The summed E-state index contributed by atoms with van der Waals surface area (Å²) in [5, 5.41) is 3.39. The summed E-state index contributed by atoms with van der Waals surface area (Å²) in [6.45, 7) is 6.13. The van der Waals surface area contributed by atoms with Crippen LogP contribution >= 0.6 is 27.7 Å². The molecular formula is C17H22BrClN4O2. The van der Waals surface area contributed by atoms with Gasteiger partial charge in [-0.05, 0) is 40.3 Å². The lowest BCUT2D eigenvalue weighted by Crippen LogP contribution is -2.42. The maximum atomic E-state index is 12.9. The third kappa shape index (κ3) is 3.57. The average molecular weight is 430 g/mol. The quantitative estimate of drug-likeness (QED) is 0.588. The van der Waals surface area contributed by atoms with Crippen LogP contribution in [0, 0.1) is 5.41 Å². The number of fused-ring (bicyclic) bond motifs is 1. The van der Waals surface area contributed by atoms with Crippen LogP contribution in [0.15, 0.2) is 16.7 Å². The van der Waals surface area contributed by atoms with Crippen molar-refractivity contribution in [2.45, 2.75) is 38.4 Å². The van der Waals surface area contributed by atoms with Gasteiger partial charge in [0.1, 0.15) is 4.60 Å². The van der Waals surface area contributed by atoms with Gasteiger partial charge < -0.3 is 10.1 Å². The van der Waals surface area contributed by atoms with Gasteiger partial charge in [-0.25, -0.2) is 9.40 Å². The van der Waals surface area contributed by atoms with Crippen LogP contribution in [0.1, 0.15) is 25.3 Å². The van der Waals surface area contributed by atoms with Gasteiger partial charge in [0.05, 0.1) is 19.3 Å². The third-order valence-electron chi connectivity index (χ3n) is 5.52. The smallest absolute Gasteiger partial charge is 0.260 e.